The number of aliphatic imine (C=N–C) groups is 1. The van der Waals surface area contributed by atoms with Crippen LogP contribution >= 0.6 is 0 Å². The number of nitrogens with one attached hydrogen (secondary N) is 2. The highest BCUT2D eigenvalue weighted by atomic mass is 16.5. The third-order valence-electron chi connectivity index (χ3n) is 2.16. The van der Waals surface area contributed by atoms with Gasteiger partial charge in [-0.2, -0.15) is 0 Å². The summed E-state index contributed by atoms with van der Waals surface area (Å²) in [6.07, 6.45) is 0.940. The summed E-state index contributed by atoms with van der Waals surface area (Å²) in [5.41, 5.74) is 0. The molecular formula is C12H27N3O3. The Morgan fingerprint density at radius 2 is 1.78 bits per heavy atom. The Balaban J connectivity index is 3.34. The second kappa shape index (κ2) is 14.2. The topological polar surface area (TPSA) is 64.1 Å². The van der Waals surface area contributed by atoms with Crippen molar-refractivity contribution in [3.63, 3.8) is 0 Å². The van der Waals surface area contributed by atoms with Crippen LogP contribution in [0.3, 0.4) is 0 Å². The van der Waals surface area contributed by atoms with Gasteiger partial charge < -0.3 is 24.8 Å². The lowest BCUT2D eigenvalue weighted by Crippen LogP contribution is -2.39. The van der Waals surface area contributed by atoms with E-state index in [-0.39, 0.29) is 0 Å². The Labute approximate surface area is 110 Å². The van der Waals surface area contributed by atoms with E-state index in [4.69, 9.17) is 14.2 Å². The van der Waals surface area contributed by atoms with Crippen molar-refractivity contribution >= 4 is 5.96 Å². The molecule has 0 heterocycles. The fraction of sp³-hybridized carbons (Fsp3) is 0.917. The molecule has 6 nitrogen and oxygen atoms in total. The Morgan fingerprint density at radius 3 is 2.44 bits per heavy atom. The zero-order chi connectivity index (χ0) is 13.5. The average molecular weight is 261 g/mol. The third kappa shape index (κ3) is 11.6. The molecule has 0 radical (unpaired) electrons. The fourth-order valence-electron chi connectivity index (χ4n) is 1.23. The summed E-state index contributed by atoms with van der Waals surface area (Å²) in [4.78, 5) is 4.11. The summed E-state index contributed by atoms with van der Waals surface area (Å²) in [7, 11) is 3.42. The molecule has 6 heteroatoms. The Hall–Kier alpha value is -0.850. The molecule has 0 rings (SSSR count). The molecule has 0 fully saturated rings. The van der Waals surface area contributed by atoms with E-state index in [1.54, 1.807) is 14.2 Å². The maximum absolute atomic E-state index is 5.36. The van der Waals surface area contributed by atoms with Gasteiger partial charge in [-0.25, -0.2) is 0 Å². The monoisotopic (exact) mass is 261 g/mol. The van der Waals surface area contributed by atoms with Gasteiger partial charge in [-0.15, -0.1) is 0 Å². The number of hydrogen-bond donors (Lipinski definition) is 2. The molecule has 0 aliphatic carbocycles. The van der Waals surface area contributed by atoms with Crippen molar-refractivity contribution < 1.29 is 14.2 Å². The van der Waals surface area contributed by atoms with Gasteiger partial charge in [-0.05, 0) is 13.3 Å². The normalized spacial score (nSPS) is 11.6. The standard InChI is InChI=1S/C12H27N3O3/c1-4-17-9-7-15-12(13-2)14-6-5-8-18-11-10-16-3/h4-11H2,1-3H3,(H2,13,14,15). The van der Waals surface area contributed by atoms with Crippen LogP contribution < -0.4 is 10.6 Å². The lowest BCUT2D eigenvalue weighted by molar-refractivity contribution is 0.0698. The first-order valence-electron chi connectivity index (χ1n) is 6.44. The number of hydrogen-bond acceptors (Lipinski definition) is 4. The summed E-state index contributed by atoms with van der Waals surface area (Å²) >= 11 is 0. The van der Waals surface area contributed by atoms with Gasteiger partial charge in [-0.3, -0.25) is 4.99 Å². The maximum Gasteiger partial charge on any atom is 0.191 e. The van der Waals surface area contributed by atoms with Gasteiger partial charge >= 0.3 is 0 Å². The van der Waals surface area contributed by atoms with Crippen molar-refractivity contribution in [2.24, 2.45) is 4.99 Å². The first kappa shape index (κ1) is 17.2. The highest BCUT2D eigenvalue weighted by Gasteiger charge is 1.96. The predicted molar refractivity (Wildman–Crippen MR) is 73.2 cm³/mol. The second-order valence-electron chi connectivity index (χ2n) is 3.58. The SMILES string of the molecule is CCOCCNC(=NC)NCCCOCCOC. The molecule has 18 heavy (non-hydrogen) atoms. The van der Waals surface area contributed by atoms with Crippen LogP contribution in [0.2, 0.25) is 0 Å². The van der Waals surface area contributed by atoms with Crippen molar-refractivity contribution in [3.8, 4) is 0 Å². The van der Waals surface area contributed by atoms with Gasteiger partial charge in [0.25, 0.3) is 0 Å². The van der Waals surface area contributed by atoms with E-state index in [2.05, 4.69) is 15.6 Å². The predicted octanol–water partition coefficient (Wildman–Crippen LogP) is 0.241. The van der Waals surface area contributed by atoms with Gasteiger partial charge in [0.05, 0.1) is 19.8 Å². The molecular weight excluding hydrogens is 234 g/mol. The van der Waals surface area contributed by atoms with Crippen LogP contribution in [0.5, 0.6) is 0 Å². The molecule has 0 aliphatic heterocycles. The van der Waals surface area contributed by atoms with E-state index in [9.17, 15) is 0 Å². The molecule has 0 spiro atoms. The molecule has 0 amide bonds. The molecule has 0 aromatic carbocycles. The summed E-state index contributed by atoms with van der Waals surface area (Å²) in [5, 5.41) is 6.38. The van der Waals surface area contributed by atoms with E-state index < -0.39 is 0 Å². The third-order valence-corrected chi connectivity index (χ3v) is 2.16. The fourth-order valence-corrected chi connectivity index (χ4v) is 1.23. The molecule has 0 saturated heterocycles. The Bertz CT molecular complexity index is 201. The van der Waals surface area contributed by atoms with Gasteiger partial charge in [0.2, 0.25) is 0 Å². The molecule has 0 bridgehead atoms. The second-order valence-corrected chi connectivity index (χ2v) is 3.58. The first-order chi connectivity index (χ1) is 8.85. The van der Waals surface area contributed by atoms with Gasteiger partial charge in [0, 0.05) is 40.5 Å². The van der Waals surface area contributed by atoms with E-state index in [0.29, 0.717) is 19.8 Å². The zero-order valence-corrected chi connectivity index (χ0v) is 11.8. The molecule has 108 valence electrons. The van der Waals surface area contributed by atoms with Crippen molar-refractivity contribution in [2.75, 3.05) is 60.3 Å². The number of methoxy groups -OCH3 is 1. The molecule has 0 saturated carbocycles. The summed E-state index contributed by atoms with van der Waals surface area (Å²) in [5.74, 6) is 0.798. The molecule has 0 atom stereocenters. The highest BCUT2D eigenvalue weighted by Crippen LogP contribution is 1.82. The largest absolute Gasteiger partial charge is 0.382 e. The van der Waals surface area contributed by atoms with Gasteiger partial charge in [0.15, 0.2) is 5.96 Å². The van der Waals surface area contributed by atoms with Gasteiger partial charge in [-0.1, -0.05) is 0 Å². The van der Waals surface area contributed by atoms with Gasteiger partial charge in [0.1, 0.15) is 0 Å². The van der Waals surface area contributed by atoms with Crippen LogP contribution in [0.15, 0.2) is 4.99 Å². The maximum atomic E-state index is 5.36. The van der Waals surface area contributed by atoms with Crippen molar-refractivity contribution in [2.45, 2.75) is 13.3 Å². The quantitative estimate of drug-likeness (QED) is 0.317. The van der Waals surface area contributed by atoms with Crippen molar-refractivity contribution in [1.29, 1.82) is 0 Å². The average Bonchev–Trinajstić information content (AvgIpc) is 2.40. The number of rotatable bonds is 11. The molecule has 0 aromatic rings. The van der Waals surface area contributed by atoms with Crippen molar-refractivity contribution in [3.05, 3.63) is 0 Å². The minimum atomic E-state index is 0.647. The lowest BCUT2D eigenvalue weighted by atomic mass is 10.4. The summed E-state index contributed by atoms with van der Waals surface area (Å²) < 4.78 is 15.5. The van der Waals surface area contributed by atoms with Crippen LogP contribution in [-0.2, 0) is 14.2 Å². The van der Waals surface area contributed by atoms with E-state index in [1.807, 2.05) is 6.92 Å². The Kier molecular flexibility index (Phi) is 13.5. The van der Waals surface area contributed by atoms with Crippen LogP contribution in [0.4, 0.5) is 0 Å². The van der Waals surface area contributed by atoms with E-state index >= 15 is 0 Å². The molecule has 2 N–H and O–H groups in total. The number of nitrogens with zero attached hydrogens (tertiary/aromatic N) is 1. The van der Waals surface area contributed by atoms with Crippen LogP contribution in [0, 0.1) is 0 Å². The Morgan fingerprint density at radius 1 is 1.00 bits per heavy atom. The van der Waals surface area contributed by atoms with Crippen molar-refractivity contribution in [1.82, 2.24) is 10.6 Å². The van der Waals surface area contributed by atoms with E-state index in [0.717, 1.165) is 38.7 Å². The summed E-state index contributed by atoms with van der Waals surface area (Å²) in [6.45, 7) is 7.04. The smallest absolute Gasteiger partial charge is 0.191 e. The van der Waals surface area contributed by atoms with Crippen LogP contribution in [-0.4, -0.2) is 66.2 Å². The first-order valence-corrected chi connectivity index (χ1v) is 6.44. The molecule has 0 unspecified atom stereocenters. The number of guanidine groups is 1. The lowest BCUT2D eigenvalue weighted by Gasteiger charge is -2.11. The van der Waals surface area contributed by atoms with Crippen LogP contribution in [0.1, 0.15) is 13.3 Å². The highest BCUT2D eigenvalue weighted by molar-refractivity contribution is 5.79. The minimum absolute atomic E-state index is 0.647. The minimum Gasteiger partial charge on any atom is -0.382 e. The van der Waals surface area contributed by atoms with E-state index in [1.165, 1.54) is 0 Å². The summed E-state index contributed by atoms with van der Waals surface area (Å²) in [6, 6.07) is 0. The van der Waals surface area contributed by atoms with Crippen LogP contribution in [0.25, 0.3) is 0 Å². The molecule has 0 aromatic heterocycles. The number of ether oxygens (including phenoxy) is 3. The molecule has 0 aliphatic rings. The zero-order valence-electron chi connectivity index (χ0n) is 11.8.